The third-order valence-electron chi connectivity index (χ3n) is 4.11. The minimum absolute atomic E-state index is 0.138. The van der Waals surface area contributed by atoms with Gasteiger partial charge in [0.25, 0.3) is 0 Å². The van der Waals surface area contributed by atoms with E-state index in [0.29, 0.717) is 17.1 Å². The predicted molar refractivity (Wildman–Crippen MR) is 112 cm³/mol. The van der Waals surface area contributed by atoms with Gasteiger partial charge in [-0.05, 0) is 36.8 Å². The van der Waals surface area contributed by atoms with Crippen molar-refractivity contribution in [2.75, 3.05) is 18.2 Å². The number of amides is 1. The normalized spacial score (nSPS) is 10.7. The maximum atomic E-state index is 12.2. The fourth-order valence-electron chi connectivity index (χ4n) is 2.68. The molecule has 0 saturated carbocycles. The van der Waals surface area contributed by atoms with Crippen LogP contribution in [-0.2, 0) is 17.8 Å². The molecule has 1 N–H and O–H groups in total. The topological polar surface area (TPSA) is 69.0 Å². The lowest BCUT2D eigenvalue weighted by Gasteiger charge is -2.09. The molecule has 1 aromatic heterocycles. The van der Waals surface area contributed by atoms with Gasteiger partial charge in [-0.2, -0.15) is 0 Å². The van der Waals surface area contributed by atoms with Crippen molar-refractivity contribution in [3.8, 4) is 5.75 Å². The van der Waals surface area contributed by atoms with Crippen LogP contribution < -0.4 is 10.1 Å². The van der Waals surface area contributed by atoms with E-state index in [9.17, 15) is 4.79 Å². The van der Waals surface area contributed by atoms with Crippen LogP contribution in [0.25, 0.3) is 0 Å². The first-order valence-corrected chi connectivity index (χ1v) is 10.2. The predicted octanol–water partition coefficient (Wildman–Crippen LogP) is 4.28. The molecule has 8 heteroatoms. The third-order valence-corrected chi connectivity index (χ3v) is 5.41. The van der Waals surface area contributed by atoms with E-state index in [1.54, 1.807) is 19.2 Å². The highest BCUT2D eigenvalue weighted by Gasteiger charge is 2.14. The van der Waals surface area contributed by atoms with Crippen LogP contribution in [-0.4, -0.2) is 33.5 Å². The molecule has 0 saturated heterocycles. The van der Waals surface area contributed by atoms with Crippen molar-refractivity contribution >= 4 is 35.0 Å². The maximum Gasteiger partial charge on any atom is 0.234 e. The Balaban J connectivity index is 1.63. The summed E-state index contributed by atoms with van der Waals surface area (Å²) in [7, 11) is 1.65. The number of carbonyl (C=O) groups excluding carboxylic acids is 1. The molecule has 0 radical (unpaired) electrons. The number of para-hydroxylation sites is 1. The van der Waals surface area contributed by atoms with Gasteiger partial charge in [-0.15, -0.1) is 10.2 Å². The summed E-state index contributed by atoms with van der Waals surface area (Å²) in [5.74, 6) is 1.77. The van der Waals surface area contributed by atoms with E-state index in [1.165, 1.54) is 11.8 Å². The van der Waals surface area contributed by atoms with Gasteiger partial charge in [0.15, 0.2) is 5.16 Å². The summed E-state index contributed by atoms with van der Waals surface area (Å²) in [6.07, 6.45) is 0.664. The Morgan fingerprint density at radius 1 is 1.18 bits per heavy atom. The van der Waals surface area contributed by atoms with Gasteiger partial charge >= 0.3 is 0 Å². The fraction of sp³-hybridized carbons (Fsp3) is 0.250. The summed E-state index contributed by atoms with van der Waals surface area (Å²) in [4.78, 5) is 12.2. The van der Waals surface area contributed by atoms with E-state index in [1.807, 2.05) is 47.9 Å². The summed E-state index contributed by atoms with van der Waals surface area (Å²) >= 11 is 7.43. The molecular formula is C20H21ClN4O2S. The molecule has 0 unspecified atom stereocenters. The first kappa shape index (κ1) is 20.2. The van der Waals surface area contributed by atoms with Gasteiger partial charge in [-0.1, -0.05) is 47.6 Å². The summed E-state index contributed by atoms with van der Waals surface area (Å²) in [6.45, 7) is 2.77. The Kier molecular flexibility index (Phi) is 6.95. The molecule has 0 fully saturated rings. The van der Waals surface area contributed by atoms with Crippen LogP contribution in [0.15, 0.2) is 53.7 Å². The number of rotatable bonds is 8. The summed E-state index contributed by atoms with van der Waals surface area (Å²) in [5, 5.41) is 12.6. The van der Waals surface area contributed by atoms with Crippen LogP contribution in [0.5, 0.6) is 5.75 Å². The van der Waals surface area contributed by atoms with Crippen molar-refractivity contribution in [2.45, 2.75) is 25.0 Å². The molecule has 1 heterocycles. The summed E-state index contributed by atoms with van der Waals surface area (Å²) in [6, 6.07) is 15.0. The standard InChI is InChI=1S/C20H21ClN4O2S/c1-3-25-18(12-14-8-10-15(27-2)11-9-14)23-24-20(25)28-13-19(26)22-17-7-5-4-6-16(17)21/h4-11H,3,12-13H2,1-2H3,(H,22,26). The first-order chi connectivity index (χ1) is 13.6. The lowest BCUT2D eigenvalue weighted by atomic mass is 10.1. The number of nitrogens with one attached hydrogen (secondary N) is 1. The SMILES string of the molecule is CCn1c(Cc2ccc(OC)cc2)nnc1SCC(=O)Nc1ccccc1Cl. The number of ether oxygens (including phenoxy) is 1. The highest BCUT2D eigenvalue weighted by Crippen LogP contribution is 2.23. The number of anilines is 1. The number of methoxy groups -OCH3 is 1. The number of hydrogen-bond donors (Lipinski definition) is 1. The van der Waals surface area contributed by atoms with Crippen LogP contribution in [0.3, 0.4) is 0 Å². The molecule has 6 nitrogen and oxygen atoms in total. The minimum Gasteiger partial charge on any atom is -0.497 e. The van der Waals surface area contributed by atoms with E-state index in [2.05, 4.69) is 15.5 Å². The maximum absolute atomic E-state index is 12.2. The van der Waals surface area contributed by atoms with E-state index in [4.69, 9.17) is 16.3 Å². The lowest BCUT2D eigenvalue weighted by molar-refractivity contribution is -0.113. The van der Waals surface area contributed by atoms with Gasteiger partial charge < -0.3 is 14.6 Å². The zero-order valence-electron chi connectivity index (χ0n) is 15.7. The Bertz CT molecular complexity index is 944. The van der Waals surface area contributed by atoms with Gasteiger partial charge in [-0.25, -0.2) is 0 Å². The van der Waals surface area contributed by atoms with Gasteiger partial charge in [0.05, 0.1) is 23.6 Å². The van der Waals surface area contributed by atoms with Gasteiger partial charge in [0.1, 0.15) is 11.6 Å². The van der Waals surface area contributed by atoms with Crippen molar-refractivity contribution in [2.24, 2.45) is 0 Å². The number of aromatic nitrogens is 3. The van der Waals surface area contributed by atoms with Crippen molar-refractivity contribution in [3.05, 3.63) is 64.9 Å². The number of hydrogen-bond acceptors (Lipinski definition) is 5. The van der Waals surface area contributed by atoms with Crippen molar-refractivity contribution in [1.29, 1.82) is 0 Å². The number of nitrogens with zero attached hydrogens (tertiary/aromatic N) is 3. The second-order valence-electron chi connectivity index (χ2n) is 5.98. The highest BCUT2D eigenvalue weighted by atomic mass is 35.5. The van der Waals surface area contributed by atoms with Gasteiger partial charge in [0, 0.05) is 13.0 Å². The number of thioether (sulfide) groups is 1. The highest BCUT2D eigenvalue weighted by molar-refractivity contribution is 7.99. The number of carbonyl (C=O) groups is 1. The Morgan fingerprint density at radius 2 is 1.93 bits per heavy atom. The summed E-state index contributed by atoms with van der Waals surface area (Å²) in [5.41, 5.74) is 1.72. The fourth-order valence-corrected chi connectivity index (χ4v) is 3.68. The molecule has 3 aromatic rings. The van der Waals surface area contributed by atoms with Crippen molar-refractivity contribution < 1.29 is 9.53 Å². The average Bonchev–Trinajstić information content (AvgIpc) is 3.10. The molecule has 0 bridgehead atoms. The molecule has 146 valence electrons. The first-order valence-electron chi connectivity index (χ1n) is 8.83. The molecule has 0 spiro atoms. The smallest absolute Gasteiger partial charge is 0.234 e. The number of halogens is 1. The zero-order valence-corrected chi connectivity index (χ0v) is 17.3. The van der Waals surface area contributed by atoms with Crippen LogP contribution in [0.2, 0.25) is 5.02 Å². The van der Waals surface area contributed by atoms with Crippen LogP contribution >= 0.6 is 23.4 Å². The van der Waals surface area contributed by atoms with Gasteiger partial charge in [-0.3, -0.25) is 4.79 Å². The van der Waals surface area contributed by atoms with Crippen molar-refractivity contribution in [3.63, 3.8) is 0 Å². The lowest BCUT2D eigenvalue weighted by Crippen LogP contribution is -2.15. The van der Waals surface area contributed by atoms with Crippen LogP contribution in [0.4, 0.5) is 5.69 Å². The largest absolute Gasteiger partial charge is 0.497 e. The van der Waals surface area contributed by atoms with E-state index in [-0.39, 0.29) is 11.7 Å². The zero-order chi connectivity index (χ0) is 19.9. The average molecular weight is 417 g/mol. The minimum atomic E-state index is -0.138. The molecule has 0 atom stereocenters. The molecule has 2 aromatic carbocycles. The molecule has 0 aliphatic heterocycles. The second-order valence-corrected chi connectivity index (χ2v) is 7.33. The van der Waals surface area contributed by atoms with E-state index in [0.717, 1.165) is 28.8 Å². The monoisotopic (exact) mass is 416 g/mol. The van der Waals surface area contributed by atoms with Crippen molar-refractivity contribution in [1.82, 2.24) is 14.8 Å². The van der Waals surface area contributed by atoms with Crippen LogP contribution in [0, 0.1) is 0 Å². The Morgan fingerprint density at radius 3 is 2.61 bits per heavy atom. The second kappa shape index (κ2) is 9.61. The van der Waals surface area contributed by atoms with E-state index < -0.39 is 0 Å². The Hall–Kier alpha value is -2.51. The molecule has 1 amide bonds. The third kappa shape index (κ3) is 5.05. The molecule has 28 heavy (non-hydrogen) atoms. The molecular weight excluding hydrogens is 396 g/mol. The number of benzene rings is 2. The summed E-state index contributed by atoms with van der Waals surface area (Å²) < 4.78 is 7.22. The molecule has 3 rings (SSSR count). The molecule has 0 aliphatic carbocycles. The van der Waals surface area contributed by atoms with Gasteiger partial charge in [0.2, 0.25) is 5.91 Å². The molecule has 0 aliphatic rings. The van der Waals surface area contributed by atoms with E-state index >= 15 is 0 Å². The quantitative estimate of drug-likeness (QED) is 0.555. The van der Waals surface area contributed by atoms with Crippen LogP contribution in [0.1, 0.15) is 18.3 Å². The Labute approximate surface area is 173 Å².